The number of nitrogens with zero attached hydrogens (tertiary/aromatic N) is 3. The van der Waals surface area contributed by atoms with Crippen molar-refractivity contribution in [1.29, 1.82) is 0 Å². The third kappa shape index (κ3) is 2.25. The first-order valence-corrected chi connectivity index (χ1v) is 5.29. The molecule has 0 saturated heterocycles. The van der Waals surface area contributed by atoms with E-state index in [1.54, 1.807) is 6.20 Å². The van der Waals surface area contributed by atoms with E-state index in [2.05, 4.69) is 20.4 Å². The second-order valence-electron chi connectivity index (χ2n) is 3.45. The lowest BCUT2D eigenvalue weighted by Crippen LogP contribution is -2.17. The Bertz CT molecular complexity index is 440. The van der Waals surface area contributed by atoms with Gasteiger partial charge < -0.3 is 9.84 Å². The molecule has 0 fully saturated rings. The SMILES string of the molecule is CCNC(C)c1nc(-c2ccccn2)no1. The molecular weight excluding hydrogens is 204 g/mol. The molecule has 16 heavy (non-hydrogen) atoms. The van der Waals surface area contributed by atoms with Gasteiger partial charge in [0.1, 0.15) is 5.69 Å². The standard InChI is InChI=1S/C11H14N4O/c1-3-12-8(2)11-14-10(15-16-11)9-6-4-5-7-13-9/h4-8,12H,3H2,1-2H3. The Morgan fingerprint density at radius 3 is 3.00 bits per heavy atom. The van der Waals surface area contributed by atoms with Crippen molar-refractivity contribution >= 4 is 0 Å². The smallest absolute Gasteiger partial charge is 0.243 e. The molecule has 0 bridgehead atoms. The van der Waals surface area contributed by atoms with Crippen LogP contribution in [0, 0.1) is 0 Å². The van der Waals surface area contributed by atoms with Gasteiger partial charge in [-0.05, 0) is 25.6 Å². The molecule has 5 heteroatoms. The molecule has 1 N–H and O–H groups in total. The van der Waals surface area contributed by atoms with Gasteiger partial charge in [0.2, 0.25) is 11.7 Å². The molecule has 0 spiro atoms. The molecule has 2 rings (SSSR count). The van der Waals surface area contributed by atoms with Crippen LogP contribution < -0.4 is 5.32 Å². The Morgan fingerprint density at radius 2 is 2.31 bits per heavy atom. The van der Waals surface area contributed by atoms with Crippen molar-refractivity contribution in [3.8, 4) is 11.5 Å². The molecule has 1 atom stereocenters. The summed E-state index contributed by atoms with van der Waals surface area (Å²) in [5.74, 6) is 1.11. The molecule has 0 amide bonds. The average Bonchev–Trinajstić information content (AvgIpc) is 2.80. The Balaban J connectivity index is 2.20. The van der Waals surface area contributed by atoms with Gasteiger partial charge in [-0.3, -0.25) is 4.98 Å². The van der Waals surface area contributed by atoms with Crippen LogP contribution in [-0.4, -0.2) is 21.7 Å². The lowest BCUT2D eigenvalue weighted by atomic mass is 10.3. The van der Waals surface area contributed by atoms with Crippen LogP contribution in [0.5, 0.6) is 0 Å². The number of hydrogen-bond donors (Lipinski definition) is 1. The minimum absolute atomic E-state index is 0.0648. The van der Waals surface area contributed by atoms with E-state index < -0.39 is 0 Å². The van der Waals surface area contributed by atoms with Gasteiger partial charge in [-0.2, -0.15) is 4.98 Å². The fraction of sp³-hybridized carbons (Fsp3) is 0.364. The maximum Gasteiger partial charge on any atom is 0.243 e. The first-order valence-electron chi connectivity index (χ1n) is 5.29. The molecule has 2 heterocycles. The van der Waals surface area contributed by atoms with Crippen LogP contribution in [0.4, 0.5) is 0 Å². The van der Waals surface area contributed by atoms with E-state index in [0.29, 0.717) is 11.7 Å². The van der Waals surface area contributed by atoms with Gasteiger partial charge >= 0.3 is 0 Å². The molecule has 1 unspecified atom stereocenters. The second-order valence-corrected chi connectivity index (χ2v) is 3.45. The zero-order valence-corrected chi connectivity index (χ0v) is 9.34. The minimum atomic E-state index is 0.0648. The molecule has 84 valence electrons. The van der Waals surface area contributed by atoms with Gasteiger partial charge in [-0.1, -0.05) is 18.1 Å². The van der Waals surface area contributed by atoms with Gasteiger partial charge in [0.05, 0.1) is 6.04 Å². The monoisotopic (exact) mass is 218 g/mol. The number of aromatic nitrogens is 3. The fourth-order valence-corrected chi connectivity index (χ4v) is 1.40. The highest BCUT2D eigenvalue weighted by atomic mass is 16.5. The number of nitrogens with one attached hydrogen (secondary N) is 1. The van der Waals surface area contributed by atoms with E-state index in [4.69, 9.17) is 4.52 Å². The third-order valence-electron chi connectivity index (χ3n) is 2.22. The average molecular weight is 218 g/mol. The maximum absolute atomic E-state index is 5.17. The molecule has 2 aromatic rings. The van der Waals surface area contributed by atoms with Crippen LogP contribution in [0.1, 0.15) is 25.8 Å². The molecule has 0 aliphatic heterocycles. The molecule has 0 aromatic carbocycles. The van der Waals surface area contributed by atoms with E-state index in [1.807, 2.05) is 32.0 Å². The summed E-state index contributed by atoms with van der Waals surface area (Å²) in [7, 11) is 0. The van der Waals surface area contributed by atoms with Crippen molar-refractivity contribution in [3.63, 3.8) is 0 Å². The Hall–Kier alpha value is -1.75. The van der Waals surface area contributed by atoms with Gasteiger partial charge in [0, 0.05) is 6.20 Å². The van der Waals surface area contributed by atoms with Crippen LogP contribution >= 0.6 is 0 Å². The summed E-state index contributed by atoms with van der Waals surface area (Å²) in [5.41, 5.74) is 0.723. The van der Waals surface area contributed by atoms with Crippen LogP contribution in [0.15, 0.2) is 28.9 Å². The summed E-state index contributed by atoms with van der Waals surface area (Å²) in [5, 5.41) is 7.11. The minimum Gasteiger partial charge on any atom is -0.337 e. The van der Waals surface area contributed by atoms with Crippen molar-refractivity contribution in [3.05, 3.63) is 30.3 Å². The molecule has 0 saturated carbocycles. The number of hydrogen-bond acceptors (Lipinski definition) is 5. The third-order valence-corrected chi connectivity index (χ3v) is 2.22. The van der Waals surface area contributed by atoms with Crippen molar-refractivity contribution in [2.75, 3.05) is 6.54 Å². The summed E-state index contributed by atoms with van der Waals surface area (Å²) >= 11 is 0. The van der Waals surface area contributed by atoms with Crippen LogP contribution in [0.25, 0.3) is 11.5 Å². The van der Waals surface area contributed by atoms with E-state index in [-0.39, 0.29) is 6.04 Å². The molecule has 2 aromatic heterocycles. The highest BCUT2D eigenvalue weighted by Gasteiger charge is 2.14. The summed E-state index contributed by atoms with van der Waals surface area (Å²) in [6.07, 6.45) is 1.71. The lowest BCUT2D eigenvalue weighted by Gasteiger charge is -2.04. The maximum atomic E-state index is 5.17. The predicted molar refractivity (Wildman–Crippen MR) is 59.6 cm³/mol. The summed E-state index contributed by atoms with van der Waals surface area (Å²) in [6.45, 7) is 4.88. The Labute approximate surface area is 93.9 Å². The molecule has 0 aliphatic rings. The van der Waals surface area contributed by atoms with Crippen molar-refractivity contribution in [2.45, 2.75) is 19.9 Å². The van der Waals surface area contributed by atoms with E-state index in [0.717, 1.165) is 12.2 Å². The summed E-state index contributed by atoms with van der Waals surface area (Å²) < 4.78 is 5.17. The quantitative estimate of drug-likeness (QED) is 0.847. The fourth-order valence-electron chi connectivity index (χ4n) is 1.40. The zero-order valence-electron chi connectivity index (χ0n) is 9.34. The van der Waals surface area contributed by atoms with Crippen molar-refractivity contribution < 1.29 is 4.52 Å². The normalized spacial score (nSPS) is 12.6. The molecule has 0 radical (unpaired) electrons. The lowest BCUT2D eigenvalue weighted by molar-refractivity contribution is 0.342. The molecule has 0 aliphatic carbocycles. The number of rotatable bonds is 4. The van der Waals surface area contributed by atoms with Gasteiger partial charge in [-0.25, -0.2) is 0 Å². The van der Waals surface area contributed by atoms with Gasteiger partial charge in [0.15, 0.2) is 0 Å². The summed E-state index contributed by atoms with van der Waals surface area (Å²) in [4.78, 5) is 8.46. The summed E-state index contributed by atoms with van der Waals surface area (Å²) in [6, 6.07) is 5.67. The topological polar surface area (TPSA) is 63.8 Å². The van der Waals surface area contributed by atoms with Crippen LogP contribution in [-0.2, 0) is 0 Å². The van der Waals surface area contributed by atoms with Crippen molar-refractivity contribution in [1.82, 2.24) is 20.4 Å². The van der Waals surface area contributed by atoms with Gasteiger partial charge in [-0.15, -0.1) is 0 Å². The van der Waals surface area contributed by atoms with Crippen LogP contribution in [0.3, 0.4) is 0 Å². The zero-order chi connectivity index (χ0) is 11.4. The number of pyridine rings is 1. The van der Waals surface area contributed by atoms with Crippen LogP contribution in [0.2, 0.25) is 0 Å². The van der Waals surface area contributed by atoms with E-state index >= 15 is 0 Å². The first-order chi connectivity index (χ1) is 7.81. The largest absolute Gasteiger partial charge is 0.337 e. The second kappa shape index (κ2) is 4.85. The molecular formula is C11H14N4O. The predicted octanol–water partition coefficient (Wildman–Crippen LogP) is 1.80. The van der Waals surface area contributed by atoms with E-state index in [1.165, 1.54) is 0 Å². The Morgan fingerprint density at radius 1 is 1.44 bits per heavy atom. The van der Waals surface area contributed by atoms with Gasteiger partial charge in [0.25, 0.3) is 0 Å². The first kappa shape index (κ1) is 10.8. The van der Waals surface area contributed by atoms with E-state index in [9.17, 15) is 0 Å². The highest BCUT2D eigenvalue weighted by molar-refractivity contribution is 5.47. The Kier molecular flexibility index (Phi) is 3.26. The van der Waals surface area contributed by atoms with Crippen molar-refractivity contribution in [2.24, 2.45) is 0 Å². The molecule has 5 nitrogen and oxygen atoms in total. The highest BCUT2D eigenvalue weighted by Crippen LogP contribution is 2.15.